The second-order valence-electron chi connectivity index (χ2n) is 9.89. The number of amides is 2. The van der Waals surface area contributed by atoms with Crippen molar-refractivity contribution in [3.05, 3.63) is 52.6 Å². The molecule has 3 N–H and O–H groups in total. The molecule has 1 aromatic carbocycles. The fourth-order valence-corrected chi connectivity index (χ4v) is 5.82. The lowest BCUT2D eigenvalue weighted by Gasteiger charge is -2.27. The molecule has 2 fully saturated rings. The van der Waals surface area contributed by atoms with E-state index in [-0.39, 0.29) is 41.5 Å². The monoisotopic (exact) mass is 551 g/mol. The summed E-state index contributed by atoms with van der Waals surface area (Å²) < 4.78 is 16.8. The summed E-state index contributed by atoms with van der Waals surface area (Å²) in [5, 5.41) is 3.90. The van der Waals surface area contributed by atoms with Crippen molar-refractivity contribution in [1.82, 2.24) is 24.4 Å². The van der Waals surface area contributed by atoms with Crippen LogP contribution in [0.5, 0.6) is 0 Å². The standard InChI is InChI=1S/C25H23BrFN7O2/c1-12-6-15-13(7-14(12)27)21-22(28)29-11-30-23(21)33(15)10-20(35)34-16(8-25(2)9-17(25)34)24(36)32-19-5-3-4-18(26)31-19/h3-7,11,16-17H,8-10H2,1-2H3,(H2,28,29,30)(H,31,32,36)/t16-,17+,25-/m0/s1. The van der Waals surface area contributed by atoms with Crippen LogP contribution < -0.4 is 11.1 Å². The molecule has 36 heavy (non-hydrogen) atoms. The van der Waals surface area contributed by atoms with Gasteiger partial charge < -0.3 is 20.5 Å². The van der Waals surface area contributed by atoms with Gasteiger partial charge in [-0.2, -0.15) is 0 Å². The number of hydrogen-bond acceptors (Lipinski definition) is 6. The Balaban J connectivity index is 1.36. The molecular weight excluding hydrogens is 529 g/mol. The van der Waals surface area contributed by atoms with Crippen molar-refractivity contribution in [2.45, 2.75) is 45.3 Å². The number of carbonyl (C=O) groups is 2. The highest BCUT2D eigenvalue weighted by Crippen LogP contribution is 2.59. The summed E-state index contributed by atoms with van der Waals surface area (Å²) in [6.07, 6.45) is 2.76. The maximum Gasteiger partial charge on any atom is 0.248 e. The van der Waals surface area contributed by atoms with E-state index in [1.54, 1.807) is 40.7 Å². The van der Waals surface area contributed by atoms with Crippen molar-refractivity contribution < 1.29 is 14.0 Å². The number of hydrogen-bond donors (Lipinski definition) is 2. The van der Waals surface area contributed by atoms with Gasteiger partial charge >= 0.3 is 0 Å². The molecule has 184 valence electrons. The van der Waals surface area contributed by atoms with Gasteiger partial charge in [0.15, 0.2) is 0 Å². The van der Waals surface area contributed by atoms with Gasteiger partial charge in [0.1, 0.15) is 46.6 Å². The van der Waals surface area contributed by atoms with Gasteiger partial charge in [-0.1, -0.05) is 13.0 Å². The van der Waals surface area contributed by atoms with Crippen molar-refractivity contribution in [2.75, 3.05) is 11.1 Å². The fourth-order valence-electron chi connectivity index (χ4n) is 5.48. The molecule has 1 aliphatic heterocycles. The lowest BCUT2D eigenvalue weighted by atomic mass is 10.0. The number of piperidine rings is 1. The zero-order chi connectivity index (χ0) is 25.4. The zero-order valence-electron chi connectivity index (χ0n) is 19.6. The van der Waals surface area contributed by atoms with E-state index in [9.17, 15) is 14.0 Å². The molecular formula is C25H23BrFN7O2. The molecule has 2 amide bonds. The molecule has 4 heterocycles. The van der Waals surface area contributed by atoms with E-state index in [2.05, 4.69) is 43.1 Å². The number of carbonyl (C=O) groups excluding carboxylic acids is 2. The Morgan fingerprint density at radius 2 is 2.08 bits per heavy atom. The van der Waals surface area contributed by atoms with Crippen LogP contribution in [0.2, 0.25) is 0 Å². The molecule has 0 unspecified atom stereocenters. The second kappa shape index (κ2) is 7.95. The van der Waals surface area contributed by atoms with Crippen LogP contribution in [-0.4, -0.2) is 48.3 Å². The second-order valence-corrected chi connectivity index (χ2v) is 10.7. The van der Waals surface area contributed by atoms with Crippen LogP contribution >= 0.6 is 15.9 Å². The van der Waals surface area contributed by atoms with Crippen LogP contribution in [0.25, 0.3) is 21.9 Å². The Morgan fingerprint density at radius 1 is 1.28 bits per heavy atom. The molecule has 1 saturated carbocycles. The predicted octanol–water partition coefficient (Wildman–Crippen LogP) is 3.79. The van der Waals surface area contributed by atoms with Crippen molar-refractivity contribution in [3.63, 3.8) is 0 Å². The Morgan fingerprint density at radius 3 is 2.86 bits per heavy atom. The SMILES string of the molecule is Cc1cc2c(cc1F)c1c(N)ncnc1n2CC(=O)N1[C@H](C(=O)Nc2cccc(Br)n2)C[C@@]2(C)C[C@@H]12. The summed E-state index contributed by atoms with van der Waals surface area (Å²) >= 11 is 3.31. The highest BCUT2D eigenvalue weighted by atomic mass is 79.9. The van der Waals surface area contributed by atoms with Crippen LogP contribution in [-0.2, 0) is 16.1 Å². The third kappa shape index (κ3) is 3.52. The van der Waals surface area contributed by atoms with Gasteiger partial charge in [-0.05, 0) is 70.9 Å². The normalized spacial score (nSPS) is 22.7. The summed E-state index contributed by atoms with van der Waals surface area (Å²) in [7, 11) is 0. The number of likely N-dealkylation sites (tertiary alicyclic amines) is 1. The number of aryl methyl sites for hydroxylation is 1. The van der Waals surface area contributed by atoms with Crippen molar-refractivity contribution in [1.29, 1.82) is 0 Å². The number of aromatic nitrogens is 4. The molecule has 1 aliphatic carbocycles. The van der Waals surface area contributed by atoms with Gasteiger partial charge in [0.2, 0.25) is 11.8 Å². The van der Waals surface area contributed by atoms with Gasteiger partial charge in [-0.3, -0.25) is 9.59 Å². The van der Waals surface area contributed by atoms with E-state index in [4.69, 9.17) is 5.73 Å². The first-order valence-electron chi connectivity index (χ1n) is 11.6. The summed E-state index contributed by atoms with van der Waals surface area (Å²) in [4.78, 5) is 41.5. The van der Waals surface area contributed by atoms with Gasteiger partial charge in [-0.15, -0.1) is 0 Å². The first kappa shape index (κ1) is 22.8. The van der Waals surface area contributed by atoms with E-state index >= 15 is 0 Å². The molecule has 6 rings (SSSR count). The molecule has 3 aromatic heterocycles. The van der Waals surface area contributed by atoms with Crippen molar-refractivity contribution in [2.24, 2.45) is 5.41 Å². The zero-order valence-corrected chi connectivity index (χ0v) is 21.2. The van der Waals surface area contributed by atoms with Crippen LogP contribution in [0.4, 0.5) is 16.0 Å². The van der Waals surface area contributed by atoms with E-state index in [1.807, 2.05) is 0 Å². The Hall–Kier alpha value is -3.60. The van der Waals surface area contributed by atoms with Gasteiger partial charge in [0.25, 0.3) is 0 Å². The molecule has 0 bridgehead atoms. The smallest absolute Gasteiger partial charge is 0.248 e. The molecule has 0 spiro atoms. The maximum absolute atomic E-state index is 14.5. The number of nitrogens with two attached hydrogens (primary N) is 1. The molecule has 2 aliphatic rings. The predicted molar refractivity (Wildman–Crippen MR) is 136 cm³/mol. The largest absolute Gasteiger partial charge is 0.383 e. The number of benzene rings is 1. The topological polar surface area (TPSA) is 119 Å². The summed E-state index contributed by atoms with van der Waals surface area (Å²) in [6.45, 7) is 3.70. The molecule has 4 aromatic rings. The average Bonchev–Trinajstić information content (AvgIpc) is 3.25. The van der Waals surface area contributed by atoms with E-state index in [0.717, 1.165) is 6.42 Å². The minimum absolute atomic E-state index is 0.0109. The van der Waals surface area contributed by atoms with E-state index in [1.165, 1.54) is 12.4 Å². The number of halogens is 2. The van der Waals surface area contributed by atoms with Crippen LogP contribution in [0.3, 0.4) is 0 Å². The van der Waals surface area contributed by atoms with Gasteiger partial charge in [-0.25, -0.2) is 19.3 Å². The maximum atomic E-state index is 14.5. The fraction of sp³-hybridized carbons (Fsp3) is 0.320. The number of nitrogens with zero attached hydrogens (tertiary/aromatic N) is 5. The molecule has 1 saturated heterocycles. The third-order valence-corrected chi connectivity index (χ3v) is 7.88. The Bertz CT molecular complexity index is 1590. The summed E-state index contributed by atoms with van der Waals surface area (Å²) in [6, 6.07) is 7.72. The van der Waals surface area contributed by atoms with E-state index < -0.39 is 6.04 Å². The third-order valence-electron chi connectivity index (χ3n) is 7.43. The quantitative estimate of drug-likeness (QED) is 0.372. The lowest BCUT2D eigenvalue weighted by Crippen LogP contribution is -2.46. The Kier molecular flexibility index (Phi) is 5.05. The Labute approximate surface area is 214 Å². The number of anilines is 2. The number of fused-ring (bicyclic) bond motifs is 4. The van der Waals surface area contributed by atoms with Crippen LogP contribution in [0.15, 0.2) is 41.3 Å². The first-order valence-corrected chi connectivity index (χ1v) is 12.4. The number of nitrogens with one attached hydrogen (secondary N) is 1. The lowest BCUT2D eigenvalue weighted by molar-refractivity contribution is -0.138. The van der Waals surface area contributed by atoms with Crippen molar-refractivity contribution >= 4 is 61.3 Å². The number of rotatable bonds is 4. The van der Waals surface area contributed by atoms with E-state index in [0.29, 0.717) is 44.3 Å². The number of pyridine rings is 1. The van der Waals surface area contributed by atoms with Gasteiger partial charge in [0, 0.05) is 11.4 Å². The summed E-state index contributed by atoms with van der Waals surface area (Å²) in [5.74, 6) is -0.216. The molecule has 0 radical (unpaired) electrons. The van der Waals surface area contributed by atoms with Crippen molar-refractivity contribution in [3.8, 4) is 0 Å². The minimum atomic E-state index is -0.617. The number of nitrogen functional groups attached to an aromatic ring is 1. The van der Waals surface area contributed by atoms with Gasteiger partial charge in [0.05, 0.1) is 10.9 Å². The van der Waals surface area contributed by atoms with Crippen LogP contribution in [0, 0.1) is 18.2 Å². The molecule has 3 atom stereocenters. The minimum Gasteiger partial charge on any atom is -0.383 e. The first-order chi connectivity index (χ1) is 17.2. The highest BCUT2D eigenvalue weighted by Gasteiger charge is 2.64. The van der Waals surface area contributed by atoms with Crippen LogP contribution in [0.1, 0.15) is 25.3 Å². The summed E-state index contributed by atoms with van der Waals surface area (Å²) in [5.41, 5.74) is 7.57. The molecule has 9 nitrogen and oxygen atoms in total. The molecule has 11 heteroatoms. The highest BCUT2D eigenvalue weighted by molar-refractivity contribution is 9.10. The average molecular weight is 552 g/mol.